The minimum absolute atomic E-state index is 0.615. The summed E-state index contributed by atoms with van der Waals surface area (Å²) in [7, 11) is 0. The molecule has 0 bridgehead atoms. The molecule has 2 unspecified atom stereocenters. The van der Waals surface area contributed by atoms with Crippen LogP contribution in [0.15, 0.2) is 22.8 Å². The van der Waals surface area contributed by atoms with Crippen molar-refractivity contribution in [3.05, 3.63) is 22.8 Å². The fourth-order valence-corrected chi connectivity index (χ4v) is 3.85. The molecule has 0 aliphatic heterocycles. The molecule has 3 rings (SSSR count). The van der Waals surface area contributed by atoms with Crippen molar-refractivity contribution in [1.29, 1.82) is 0 Å². The van der Waals surface area contributed by atoms with Gasteiger partial charge in [0.1, 0.15) is 0 Å². The van der Waals surface area contributed by atoms with Gasteiger partial charge in [-0.15, -0.1) is 0 Å². The second kappa shape index (κ2) is 2.53. The van der Waals surface area contributed by atoms with Crippen LogP contribution in [0.1, 0.15) is 46.5 Å². The smallest absolute Gasteiger partial charge is 0.00719 e. The van der Waals surface area contributed by atoms with Crippen LogP contribution in [-0.2, 0) is 0 Å². The lowest BCUT2D eigenvalue weighted by Gasteiger charge is -2.24. The van der Waals surface area contributed by atoms with E-state index < -0.39 is 0 Å². The molecule has 3 aliphatic rings. The summed E-state index contributed by atoms with van der Waals surface area (Å²) >= 11 is 0. The highest BCUT2D eigenvalue weighted by atomic mass is 14.6. The molecule has 0 heteroatoms. The van der Waals surface area contributed by atoms with E-state index >= 15 is 0 Å². The Morgan fingerprint density at radius 3 is 2.86 bits per heavy atom. The maximum absolute atomic E-state index is 2.51. The molecule has 76 valence electrons. The third-order valence-corrected chi connectivity index (χ3v) is 4.80. The van der Waals surface area contributed by atoms with Crippen molar-refractivity contribution in [1.82, 2.24) is 0 Å². The van der Waals surface area contributed by atoms with Gasteiger partial charge in [0.2, 0.25) is 0 Å². The summed E-state index contributed by atoms with van der Waals surface area (Å²) in [5.74, 6) is 1.92. The van der Waals surface area contributed by atoms with E-state index in [1.807, 2.05) is 0 Å². The standard InChI is InChI=1S/C14H20/c1-9-5-4-6-10-7-8-11-13(12(9)10)14(11,2)3/h6,11,13H,4-5,7-8H2,1-3H3. The van der Waals surface area contributed by atoms with Crippen molar-refractivity contribution >= 4 is 0 Å². The molecule has 2 fully saturated rings. The quantitative estimate of drug-likeness (QED) is 0.537. The minimum atomic E-state index is 0.615. The van der Waals surface area contributed by atoms with Crippen LogP contribution in [0.5, 0.6) is 0 Å². The van der Waals surface area contributed by atoms with Crippen LogP contribution in [0.4, 0.5) is 0 Å². The van der Waals surface area contributed by atoms with Crippen molar-refractivity contribution in [2.24, 2.45) is 17.3 Å². The van der Waals surface area contributed by atoms with Gasteiger partial charge >= 0.3 is 0 Å². The van der Waals surface area contributed by atoms with E-state index in [0.29, 0.717) is 5.41 Å². The van der Waals surface area contributed by atoms with Crippen molar-refractivity contribution in [3.63, 3.8) is 0 Å². The molecule has 0 radical (unpaired) electrons. The molecule has 0 aromatic carbocycles. The molecule has 0 heterocycles. The molecule has 0 N–H and O–H groups in total. The predicted octanol–water partition coefficient (Wildman–Crippen LogP) is 4.09. The highest BCUT2D eigenvalue weighted by molar-refractivity contribution is 5.47. The third kappa shape index (κ3) is 0.947. The van der Waals surface area contributed by atoms with Gasteiger partial charge in [-0.2, -0.15) is 0 Å². The first-order valence-electron chi connectivity index (χ1n) is 6.01. The van der Waals surface area contributed by atoms with Gasteiger partial charge in [0.25, 0.3) is 0 Å². The highest BCUT2D eigenvalue weighted by Gasteiger charge is 2.61. The Labute approximate surface area is 87.1 Å². The number of fused-ring (bicyclic) bond motifs is 3. The number of hydrogen-bond acceptors (Lipinski definition) is 0. The van der Waals surface area contributed by atoms with E-state index in [4.69, 9.17) is 0 Å². The zero-order valence-corrected chi connectivity index (χ0v) is 9.56. The molecule has 3 aliphatic carbocycles. The fraction of sp³-hybridized carbons (Fsp3) is 0.714. The van der Waals surface area contributed by atoms with Gasteiger partial charge in [0.05, 0.1) is 0 Å². The summed E-state index contributed by atoms with van der Waals surface area (Å²) in [6, 6.07) is 0. The first-order valence-corrected chi connectivity index (χ1v) is 6.01. The summed E-state index contributed by atoms with van der Waals surface area (Å²) in [6.07, 6.45) is 7.92. The van der Waals surface area contributed by atoms with Crippen LogP contribution < -0.4 is 0 Å². The molecule has 0 aromatic heterocycles. The van der Waals surface area contributed by atoms with Gasteiger partial charge in [-0.05, 0) is 61.0 Å². The number of allylic oxidation sites excluding steroid dienone is 4. The van der Waals surface area contributed by atoms with Crippen LogP contribution in [0.2, 0.25) is 0 Å². The van der Waals surface area contributed by atoms with Crippen LogP contribution >= 0.6 is 0 Å². The van der Waals surface area contributed by atoms with E-state index in [1.165, 1.54) is 25.7 Å². The lowest BCUT2D eigenvalue weighted by Crippen LogP contribution is -2.08. The zero-order valence-electron chi connectivity index (χ0n) is 9.56. The Morgan fingerprint density at radius 2 is 2.07 bits per heavy atom. The second-order valence-corrected chi connectivity index (χ2v) is 5.91. The molecule has 0 amide bonds. The molecule has 0 nitrogen and oxygen atoms in total. The molecule has 2 atom stereocenters. The van der Waals surface area contributed by atoms with E-state index in [9.17, 15) is 0 Å². The average Bonchev–Trinajstić information content (AvgIpc) is 2.70. The van der Waals surface area contributed by atoms with Gasteiger partial charge in [-0.25, -0.2) is 0 Å². The maximum Gasteiger partial charge on any atom is -0.00719 e. The summed E-state index contributed by atoms with van der Waals surface area (Å²) in [4.78, 5) is 0. The first-order chi connectivity index (χ1) is 6.62. The Hall–Kier alpha value is -0.520. The summed E-state index contributed by atoms with van der Waals surface area (Å²) in [6.45, 7) is 7.28. The van der Waals surface area contributed by atoms with Gasteiger partial charge in [-0.1, -0.05) is 25.5 Å². The third-order valence-electron chi connectivity index (χ3n) is 4.80. The van der Waals surface area contributed by atoms with Crippen LogP contribution in [0.25, 0.3) is 0 Å². The Balaban J connectivity index is 2.04. The minimum Gasteiger partial charge on any atom is -0.0807 e. The van der Waals surface area contributed by atoms with Crippen molar-refractivity contribution in [2.45, 2.75) is 46.5 Å². The van der Waals surface area contributed by atoms with E-state index in [1.54, 1.807) is 16.7 Å². The van der Waals surface area contributed by atoms with Crippen molar-refractivity contribution < 1.29 is 0 Å². The van der Waals surface area contributed by atoms with Crippen molar-refractivity contribution in [2.75, 3.05) is 0 Å². The van der Waals surface area contributed by atoms with Gasteiger partial charge in [0, 0.05) is 0 Å². The van der Waals surface area contributed by atoms with Crippen LogP contribution in [0, 0.1) is 17.3 Å². The Morgan fingerprint density at radius 1 is 1.29 bits per heavy atom. The summed E-state index contributed by atoms with van der Waals surface area (Å²) in [5.41, 5.74) is 5.80. The largest absolute Gasteiger partial charge is 0.0807 e. The Kier molecular flexibility index (Phi) is 1.59. The maximum atomic E-state index is 2.51. The topological polar surface area (TPSA) is 0 Å². The fourth-order valence-electron chi connectivity index (χ4n) is 3.85. The molecule has 0 spiro atoms. The molecule has 2 saturated carbocycles. The predicted molar refractivity (Wildman–Crippen MR) is 60.0 cm³/mol. The summed E-state index contributed by atoms with van der Waals surface area (Å²) in [5, 5.41) is 0. The molecule has 0 saturated heterocycles. The van der Waals surface area contributed by atoms with E-state index in [0.717, 1.165) is 11.8 Å². The average molecular weight is 188 g/mol. The van der Waals surface area contributed by atoms with E-state index in [-0.39, 0.29) is 0 Å². The lowest BCUT2D eigenvalue weighted by atomic mass is 9.81. The van der Waals surface area contributed by atoms with Crippen molar-refractivity contribution in [3.8, 4) is 0 Å². The molecular formula is C14H20. The number of hydrogen-bond donors (Lipinski definition) is 0. The monoisotopic (exact) mass is 188 g/mol. The molecule has 0 aromatic rings. The first kappa shape index (κ1) is 8.76. The summed E-state index contributed by atoms with van der Waals surface area (Å²) < 4.78 is 0. The SMILES string of the molecule is CC1=C2C(=CCC1)CCC1C2C1(C)C. The van der Waals surface area contributed by atoms with Crippen LogP contribution in [-0.4, -0.2) is 0 Å². The zero-order chi connectivity index (χ0) is 9.92. The lowest BCUT2D eigenvalue weighted by molar-refractivity contribution is 0.535. The van der Waals surface area contributed by atoms with Gasteiger partial charge in [0.15, 0.2) is 0 Å². The van der Waals surface area contributed by atoms with E-state index in [2.05, 4.69) is 26.8 Å². The normalized spacial score (nSPS) is 38.6. The Bertz CT molecular complexity index is 341. The molecule has 14 heavy (non-hydrogen) atoms. The number of rotatable bonds is 0. The highest BCUT2D eigenvalue weighted by Crippen LogP contribution is 2.68. The van der Waals surface area contributed by atoms with Gasteiger partial charge in [-0.3, -0.25) is 0 Å². The second-order valence-electron chi connectivity index (χ2n) is 5.91. The van der Waals surface area contributed by atoms with Gasteiger partial charge < -0.3 is 0 Å². The van der Waals surface area contributed by atoms with Crippen LogP contribution in [0.3, 0.4) is 0 Å². The molecular weight excluding hydrogens is 168 g/mol.